The molecule has 2 aromatic heterocycles. The molecule has 0 atom stereocenters. The van der Waals surface area contributed by atoms with Crippen LogP contribution in [-0.4, -0.2) is 36.8 Å². The van der Waals surface area contributed by atoms with Gasteiger partial charge < -0.3 is 14.6 Å². The van der Waals surface area contributed by atoms with E-state index < -0.39 is 23.4 Å². The van der Waals surface area contributed by atoms with E-state index in [2.05, 4.69) is 9.72 Å². The summed E-state index contributed by atoms with van der Waals surface area (Å²) < 4.78 is 51.3. The second-order valence-corrected chi connectivity index (χ2v) is 8.32. The van der Waals surface area contributed by atoms with E-state index in [4.69, 9.17) is 10.00 Å². The van der Waals surface area contributed by atoms with Crippen molar-refractivity contribution >= 4 is 11.2 Å². The fraction of sp³-hybridized carbons (Fsp3) is 0.280. The summed E-state index contributed by atoms with van der Waals surface area (Å²) in [6.45, 7) is -0.355. The van der Waals surface area contributed by atoms with Gasteiger partial charge in [-0.3, -0.25) is 18.5 Å². The van der Waals surface area contributed by atoms with Crippen LogP contribution in [0.25, 0.3) is 11.2 Å². The number of imidazole rings is 1. The van der Waals surface area contributed by atoms with Crippen LogP contribution in [0.15, 0.2) is 58.1 Å². The molecule has 0 aliphatic heterocycles. The Kier molecular flexibility index (Phi) is 7.54. The van der Waals surface area contributed by atoms with Gasteiger partial charge in [-0.2, -0.15) is 10.2 Å². The number of halogens is 3. The molecule has 198 valence electrons. The summed E-state index contributed by atoms with van der Waals surface area (Å²) in [6.07, 6.45) is -4.67. The number of hydrogen-bond acceptors (Lipinski definition) is 7. The molecular weight excluding hydrogens is 507 g/mol. The topological polar surface area (TPSA) is 124 Å². The number of ether oxygens (including phenoxy) is 2. The fourth-order valence-corrected chi connectivity index (χ4v) is 3.88. The molecule has 0 aliphatic rings. The molecule has 2 aromatic carbocycles. The Balaban J connectivity index is 1.78. The first-order chi connectivity index (χ1) is 18.1. The quantitative estimate of drug-likeness (QED) is 0.354. The summed E-state index contributed by atoms with van der Waals surface area (Å²) in [5.41, 5.74) is 0.351. The highest BCUT2D eigenvalue weighted by Crippen LogP contribution is 2.25. The zero-order valence-electron chi connectivity index (χ0n) is 20.1. The normalized spacial score (nSPS) is 11.5. The number of aromatic nitrogens is 4. The lowest BCUT2D eigenvalue weighted by molar-refractivity contribution is -0.274. The Morgan fingerprint density at radius 1 is 1.08 bits per heavy atom. The summed E-state index contributed by atoms with van der Waals surface area (Å²) in [4.78, 5) is 30.5. The van der Waals surface area contributed by atoms with Crippen LogP contribution < -0.4 is 20.7 Å². The first kappa shape index (κ1) is 26.5. The number of alkyl halides is 3. The molecule has 0 saturated heterocycles. The lowest BCUT2D eigenvalue weighted by Crippen LogP contribution is -2.39. The highest BCUT2D eigenvalue weighted by molar-refractivity contribution is 5.72. The van der Waals surface area contributed by atoms with Gasteiger partial charge in [-0.05, 0) is 41.8 Å². The van der Waals surface area contributed by atoms with Crippen molar-refractivity contribution in [1.82, 2.24) is 18.7 Å². The third-order valence-corrected chi connectivity index (χ3v) is 5.66. The highest BCUT2D eigenvalue weighted by Gasteiger charge is 2.31. The fourth-order valence-electron chi connectivity index (χ4n) is 3.88. The largest absolute Gasteiger partial charge is 0.573 e. The van der Waals surface area contributed by atoms with Crippen LogP contribution in [0.5, 0.6) is 11.8 Å². The number of hydrogen-bond donors (Lipinski definition) is 1. The first-order valence-corrected chi connectivity index (χ1v) is 11.4. The Bertz CT molecular complexity index is 1610. The van der Waals surface area contributed by atoms with Crippen molar-refractivity contribution in [2.24, 2.45) is 7.05 Å². The molecule has 4 rings (SSSR count). The summed E-state index contributed by atoms with van der Waals surface area (Å²) >= 11 is 0. The molecule has 0 spiro atoms. The second-order valence-electron chi connectivity index (χ2n) is 8.32. The number of aliphatic hydroxyl groups is 1. The van der Waals surface area contributed by atoms with E-state index in [0.717, 1.165) is 10.6 Å². The maximum absolute atomic E-state index is 13.4. The summed E-state index contributed by atoms with van der Waals surface area (Å²) in [6, 6.07) is 13.8. The maximum Gasteiger partial charge on any atom is 0.573 e. The zero-order chi connectivity index (χ0) is 27.4. The van der Waals surface area contributed by atoms with Crippen molar-refractivity contribution in [1.29, 1.82) is 5.26 Å². The number of aryl methyl sites for hydroxylation is 1. The Morgan fingerprint density at radius 2 is 1.82 bits per heavy atom. The van der Waals surface area contributed by atoms with Crippen molar-refractivity contribution in [2.75, 3.05) is 6.61 Å². The van der Waals surface area contributed by atoms with Crippen LogP contribution in [-0.2, 0) is 26.7 Å². The minimum atomic E-state index is -4.85. The van der Waals surface area contributed by atoms with Crippen molar-refractivity contribution in [3.05, 3.63) is 86.1 Å². The van der Waals surface area contributed by atoms with E-state index in [1.165, 1.54) is 34.4 Å². The van der Waals surface area contributed by atoms with Gasteiger partial charge in [0, 0.05) is 20.2 Å². The molecule has 0 saturated carbocycles. The molecule has 0 unspecified atom stereocenters. The number of nitriles is 1. The molecule has 4 aromatic rings. The third-order valence-electron chi connectivity index (χ3n) is 5.66. The molecule has 0 radical (unpaired) electrons. The smallest absolute Gasteiger partial charge is 0.460 e. The van der Waals surface area contributed by atoms with Crippen molar-refractivity contribution in [2.45, 2.75) is 32.5 Å². The molecular formula is C25H22F3N5O5. The van der Waals surface area contributed by atoms with Gasteiger partial charge in [-0.25, -0.2) is 4.79 Å². The molecule has 0 aliphatic carbocycles. The minimum Gasteiger partial charge on any atom is -0.460 e. The van der Waals surface area contributed by atoms with E-state index >= 15 is 0 Å². The van der Waals surface area contributed by atoms with E-state index in [0.29, 0.717) is 16.7 Å². The Morgan fingerprint density at radius 3 is 2.47 bits per heavy atom. The summed E-state index contributed by atoms with van der Waals surface area (Å²) in [5, 5.41) is 18.3. The average molecular weight is 529 g/mol. The van der Waals surface area contributed by atoms with E-state index in [1.54, 1.807) is 24.3 Å². The van der Waals surface area contributed by atoms with Gasteiger partial charge in [-0.1, -0.05) is 24.3 Å². The Hall–Kier alpha value is -4.57. The van der Waals surface area contributed by atoms with E-state index in [1.807, 2.05) is 6.07 Å². The average Bonchev–Trinajstić information content (AvgIpc) is 3.24. The van der Waals surface area contributed by atoms with Gasteiger partial charge in [0.1, 0.15) is 12.4 Å². The van der Waals surface area contributed by atoms with Gasteiger partial charge in [0.05, 0.1) is 18.2 Å². The van der Waals surface area contributed by atoms with Crippen molar-refractivity contribution in [3.63, 3.8) is 0 Å². The monoisotopic (exact) mass is 529 g/mol. The number of fused-ring (bicyclic) bond motifs is 1. The highest BCUT2D eigenvalue weighted by atomic mass is 19.4. The zero-order valence-corrected chi connectivity index (χ0v) is 20.1. The number of rotatable bonds is 9. The third kappa shape index (κ3) is 5.70. The van der Waals surface area contributed by atoms with Gasteiger partial charge in [0.2, 0.25) is 0 Å². The molecule has 13 heteroatoms. The van der Waals surface area contributed by atoms with Gasteiger partial charge in [-0.15, -0.1) is 13.2 Å². The molecule has 10 nitrogen and oxygen atoms in total. The molecule has 38 heavy (non-hydrogen) atoms. The predicted octanol–water partition coefficient (Wildman–Crippen LogP) is 2.68. The maximum atomic E-state index is 13.4. The lowest BCUT2D eigenvalue weighted by atomic mass is 10.1. The number of aliphatic hydroxyl groups excluding tert-OH is 1. The summed E-state index contributed by atoms with van der Waals surface area (Å²) in [5.74, 6) is -0.418. The molecule has 0 fully saturated rings. The van der Waals surface area contributed by atoms with Crippen molar-refractivity contribution in [3.8, 4) is 17.8 Å². The predicted molar refractivity (Wildman–Crippen MR) is 129 cm³/mol. The molecule has 2 heterocycles. The van der Waals surface area contributed by atoms with Crippen LogP contribution in [0, 0.1) is 11.3 Å². The minimum absolute atomic E-state index is 0.0117. The number of benzene rings is 2. The Labute approximate surface area is 213 Å². The van der Waals surface area contributed by atoms with Gasteiger partial charge in [0.25, 0.3) is 11.6 Å². The summed E-state index contributed by atoms with van der Waals surface area (Å²) in [7, 11) is 1.44. The second kappa shape index (κ2) is 10.8. The van der Waals surface area contributed by atoms with E-state index in [-0.39, 0.29) is 49.9 Å². The van der Waals surface area contributed by atoms with Crippen LogP contribution >= 0.6 is 0 Å². The van der Waals surface area contributed by atoms with E-state index in [9.17, 15) is 27.9 Å². The molecule has 0 amide bonds. The molecule has 0 bridgehead atoms. The van der Waals surface area contributed by atoms with Crippen LogP contribution in [0.2, 0.25) is 0 Å². The van der Waals surface area contributed by atoms with Crippen molar-refractivity contribution < 1.29 is 27.8 Å². The van der Waals surface area contributed by atoms with Crippen LogP contribution in [0.4, 0.5) is 13.2 Å². The standard InChI is InChI=1S/C25H22F3N5O5/c1-31-21-20(22(35)32(24(31)36)10-3-11-34)33(14-17-8-6-16(13-29)7-9-17)23(30-21)37-15-18-4-2-5-19(12-18)38-25(26,27)28/h2,4-9,12,34H,3,10-11,14-15H2,1H3. The number of nitrogens with zero attached hydrogens (tertiary/aromatic N) is 5. The van der Waals surface area contributed by atoms with Crippen LogP contribution in [0.1, 0.15) is 23.1 Å². The first-order valence-electron chi connectivity index (χ1n) is 11.4. The molecule has 1 N–H and O–H groups in total. The SMILES string of the molecule is Cn1c(=O)n(CCCO)c(=O)c2c1nc(OCc1cccc(OC(F)(F)F)c1)n2Cc1ccc(C#N)cc1. The van der Waals surface area contributed by atoms with Gasteiger partial charge >= 0.3 is 12.1 Å². The van der Waals surface area contributed by atoms with Crippen LogP contribution in [0.3, 0.4) is 0 Å². The lowest BCUT2D eigenvalue weighted by Gasteiger charge is -2.12. The van der Waals surface area contributed by atoms with Gasteiger partial charge in [0.15, 0.2) is 11.2 Å².